The van der Waals surface area contributed by atoms with E-state index < -0.39 is 17.4 Å². The molecule has 0 saturated carbocycles. The summed E-state index contributed by atoms with van der Waals surface area (Å²) in [5.74, 6) is -0.766. The number of hydrogen-bond acceptors (Lipinski definition) is 4. The van der Waals surface area contributed by atoms with E-state index in [4.69, 9.17) is 5.73 Å². The van der Waals surface area contributed by atoms with Crippen LogP contribution in [0.5, 0.6) is 0 Å². The summed E-state index contributed by atoms with van der Waals surface area (Å²) < 4.78 is 15.5. The fourth-order valence-electron chi connectivity index (χ4n) is 3.52. The summed E-state index contributed by atoms with van der Waals surface area (Å²) in [6.07, 6.45) is 1.74. The first kappa shape index (κ1) is 20.0. The smallest absolute Gasteiger partial charge is 0.261 e. The first-order valence-electron chi connectivity index (χ1n) is 9.40. The number of nitrogens with zero attached hydrogens (tertiary/aromatic N) is 3. The van der Waals surface area contributed by atoms with E-state index in [2.05, 4.69) is 0 Å². The third-order valence-corrected chi connectivity index (χ3v) is 5.21. The van der Waals surface area contributed by atoms with E-state index in [1.807, 2.05) is 6.92 Å². The molecule has 1 aromatic heterocycles. The third kappa shape index (κ3) is 3.91. The van der Waals surface area contributed by atoms with Gasteiger partial charge in [-0.25, -0.2) is 4.39 Å². The Hall–Kier alpha value is -2.74. The van der Waals surface area contributed by atoms with E-state index in [-0.39, 0.29) is 30.2 Å². The number of halogens is 1. The SMILES string of the molecule is Cc1ccc(F)c2c(=O)n(CCC(=O)N3CCN(C(=O)[C@H](C)N)CC3)ccc12. The van der Waals surface area contributed by atoms with Crippen LogP contribution in [0.15, 0.2) is 29.2 Å². The second kappa shape index (κ2) is 8.10. The van der Waals surface area contributed by atoms with Gasteiger partial charge in [0.05, 0.1) is 11.4 Å². The number of amides is 2. The molecule has 2 N–H and O–H groups in total. The zero-order valence-electron chi connectivity index (χ0n) is 16.2. The highest BCUT2D eigenvalue weighted by Gasteiger charge is 2.25. The topological polar surface area (TPSA) is 88.6 Å². The normalized spacial score (nSPS) is 15.7. The average molecular weight is 388 g/mol. The molecule has 8 heteroatoms. The van der Waals surface area contributed by atoms with Crippen LogP contribution in [0.3, 0.4) is 0 Å². The predicted octanol–water partition coefficient (Wildman–Crippen LogP) is 0.857. The van der Waals surface area contributed by atoms with Gasteiger partial charge in [-0.2, -0.15) is 0 Å². The molecule has 2 heterocycles. The molecular formula is C20H25FN4O3. The number of benzene rings is 1. The highest BCUT2D eigenvalue weighted by Crippen LogP contribution is 2.18. The van der Waals surface area contributed by atoms with E-state index >= 15 is 0 Å². The van der Waals surface area contributed by atoms with E-state index in [1.165, 1.54) is 10.6 Å². The first-order chi connectivity index (χ1) is 13.3. The number of nitrogens with two attached hydrogens (primary N) is 1. The molecule has 1 aliphatic rings. The molecule has 0 bridgehead atoms. The second-order valence-electron chi connectivity index (χ2n) is 7.21. The molecule has 0 radical (unpaired) electrons. The number of carbonyl (C=O) groups excluding carboxylic acids is 2. The van der Waals surface area contributed by atoms with Crippen molar-refractivity contribution >= 4 is 22.6 Å². The fraction of sp³-hybridized carbons (Fsp3) is 0.450. The van der Waals surface area contributed by atoms with E-state index in [9.17, 15) is 18.8 Å². The molecular weight excluding hydrogens is 363 g/mol. The van der Waals surface area contributed by atoms with Crippen molar-refractivity contribution in [2.24, 2.45) is 5.73 Å². The molecule has 1 saturated heterocycles. The Morgan fingerprint density at radius 1 is 1.14 bits per heavy atom. The van der Waals surface area contributed by atoms with Crippen LogP contribution in [0.1, 0.15) is 18.9 Å². The van der Waals surface area contributed by atoms with Crippen LogP contribution in [0, 0.1) is 12.7 Å². The molecule has 28 heavy (non-hydrogen) atoms. The van der Waals surface area contributed by atoms with Gasteiger partial charge in [0, 0.05) is 45.3 Å². The lowest BCUT2D eigenvalue weighted by molar-refractivity contribution is -0.140. The molecule has 2 amide bonds. The van der Waals surface area contributed by atoms with Gasteiger partial charge in [0.15, 0.2) is 0 Å². The molecule has 3 rings (SSSR count). The van der Waals surface area contributed by atoms with Crippen LogP contribution in [0.4, 0.5) is 4.39 Å². The van der Waals surface area contributed by atoms with Gasteiger partial charge in [-0.05, 0) is 36.9 Å². The minimum absolute atomic E-state index is 0.0537. The summed E-state index contributed by atoms with van der Waals surface area (Å²) in [5, 5.41) is 0.639. The average Bonchev–Trinajstić information content (AvgIpc) is 2.69. The van der Waals surface area contributed by atoms with E-state index in [0.29, 0.717) is 31.6 Å². The molecule has 1 fully saturated rings. The van der Waals surface area contributed by atoms with Crippen molar-refractivity contribution < 1.29 is 14.0 Å². The molecule has 1 atom stereocenters. The van der Waals surface area contributed by atoms with Gasteiger partial charge in [0.25, 0.3) is 5.56 Å². The molecule has 2 aromatic rings. The molecule has 0 aliphatic carbocycles. The Morgan fingerprint density at radius 2 is 1.79 bits per heavy atom. The molecule has 7 nitrogen and oxygen atoms in total. The molecule has 1 aromatic carbocycles. The van der Waals surface area contributed by atoms with Gasteiger partial charge in [0.1, 0.15) is 5.82 Å². The van der Waals surface area contributed by atoms with E-state index in [0.717, 1.165) is 5.56 Å². The summed E-state index contributed by atoms with van der Waals surface area (Å²) >= 11 is 0. The lowest BCUT2D eigenvalue weighted by Gasteiger charge is -2.35. The Bertz CT molecular complexity index is 962. The monoisotopic (exact) mass is 388 g/mol. The summed E-state index contributed by atoms with van der Waals surface area (Å²) in [6.45, 7) is 5.44. The van der Waals surface area contributed by atoms with Gasteiger partial charge >= 0.3 is 0 Å². The predicted molar refractivity (Wildman–Crippen MR) is 104 cm³/mol. The number of pyridine rings is 1. The van der Waals surface area contributed by atoms with Gasteiger partial charge in [-0.3, -0.25) is 14.4 Å². The van der Waals surface area contributed by atoms with E-state index in [1.54, 1.807) is 35.1 Å². The number of rotatable bonds is 4. The maximum absolute atomic E-state index is 14.1. The quantitative estimate of drug-likeness (QED) is 0.841. The van der Waals surface area contributed by atoms with Crippen molar-refractivity contribution in [1.82, 2.24) is 14.4 Å². The molecule has 0 spiro atoms. The van der Waals surface area contributed by atoms with Crippen molar-refractivity contribution in [2.75, 3.05) is 26.2 Å². The van der Waals surface area contributed by atoms with Crippen molar-refractivity contribution in [2.45, 2.75) is 32.9 Å². The largest absolute Gasteiger partial charge is 0.339 e. The standard InChI is InChI=1S/C20H25FN4O3/c1-13-3-4-16(21)18-15(13)5-7-24(20(18)28)8-6-17(26)23-9-11-25(12-10-23)19(27)14(2)22/h3-5,7,14H,6,8-12,22H2,1-2H3/t14-/m0/s1. The van der Waals surface area contributed by atoms with Crippen LogP contribution in [0.2, 0.25) is 0 Å². The van der Waals surface area contributed by atoms with Crippen molar-refractivity contribution in [1.29, 1.82) is 0 Å². The van der Waals surface area contributed by atoms with Crippen LogP contribution in [-0.4, -0.2) is 58.4 Å². The Morgan fingerprint density at radius 3 is 2.43 bits per heavy atom. The number of aromatic nitrogens is 1. The number of fused-ring (bicyclic) bond motifs is 1. The maximum Gasteiger partial charge on any atom is 0.261 e. The van der Waals surface area contributed by atoms with Gasteiger partial charge in [-0.1, -0.05) is 6.07 Å². The van der Waals surface area contributed by atoms with Crippen LogP contribution >= 0.6 is 0 Å². The van der Waals surface area contributed by atoms with Crippen molar-refractivity contribution in [3.05, 3.63) is 46.1 Å². The fourth-order valence-corrected chi connectivity index (χ4v) is 3.52. The summed E-state index contributed by atoms with van der Waals surface area (Å²) in [4.78, 5) is 40.4. The van der Waals surface area contributed by atoms with Gasteiger partial charge < -0.3 is 20.1 Å². The van der Waals surface area contributed by atoms with Crippen LogP contribution in [-0.2, 0) is 16.1 Å². The molecule has 0 unspecified atom stereocenters. The zero-order valence-corrected chi connectivity index (χ0v) is 16.2. The Balaban J connectivity index is 1.64. The first-order valence-corrected chi connectivity index (χ1v) is 9.40. The number of hydrogen-bond donors (Lipinski definition) is 1. The van der Waals surface area contributed by atoms with Crippen molar-refractivity contribution in [3.8, 4) is 0 Å². The molecule has 1 aliphatic heterocycles. The summed E-state index contributed by atoms with van der Waals surface area (Å²) in [5.41, 5.74) is 6.01. The number of aryl methyl sites for hydroxylation is 2. The lowest BCUT2D eigenvalue weighted by Crippen LogP contribution is -2.53. The molecule has 150 valence electrons. The summed E-state index contributed by atoms with van der Waals surface area (Å²) in [6, 6.07) is 4.09. The van der Waals surface area contributed by atoms with Crippen LogP contribution < -0.4 is 11.3 Å². The Kier molecular flexibility index (Phi) is 5.79. The maximum atomic E-state index is 14.1. The third-order valence-electron chi connectivity index (χ3n) is 5.21. The highest BCUT2D eigenvalue weighted by molar-refractivity contribution is 5.85. The second-order valence-corrected chi connectivity index (χ2v) is 7.21. The van der Waals surface area contributed by atoms with Crippen molar-refractivity contribution in [3.63, 3.8) is 0 Å². The minimum atomic E-state index is -0.554. The van der Waals surface area contributed by atoms with Crippen LogP contribution in [0.25, 0.3) is 10.8 Å². The highest BCUT2D eigenvalue weighted by atomic mass is 19.1. The Labute approximate surface area is 162 Å². The zero-order chi connectivity index (χ0) is 20.4. The lowest BCUT2D eigenvalue weighted by atomic mass is 10.1. The minimum Gasteiger partial charge on any atom is -0.339 e. The summed E-state index contributed by atoms with van der Waals surface area (Å²) in [7, 11) is 0. The number of piperazine rings is 1. The van der Waals surface area contributed by atoms with Gasteiger partial charge in [0.2, 0.25) is 11.8 Å². The van der Waals surface area contributed by atoms with Gasteiger partial charge in [-0.15, -0.1) is 0 Å². The number of carbonyl (C=O) groups is 2.